The minimum atomic E-state index is -1.63. The highest BCUT2D eigenvalue weighted by Crippen LogP contribution is 2.41. The molecule has 0 bridgehead atoms. The SMILES string of the molecule is OC[C@H]1O[C@H](Sc2ccc(Cl)c(Cl)c2)[C@H](OCC(O)N2CC[C@@H](O)C2)[C@@H](n2cc(-c3cc(F)c(F)c(F)c3)nn2)[C@H]1O. The summed E-state index contributed by atoms with van der Waals surface area (Å²) >= 11 is 13.4. The summed E-state index contributed by atoms with van der Waals surface area (Å²) in [6.07, 6.45) is -3.45. The normalized spacial score (nSPS) is 27.5. The van der Waals surface area contributed by atoms with E-state index in [0.717, 1.165) is 23.9 Å². The molecule has 10 nitrogen and oxygen atoms in total. The summed E-state index contributed by atoms with van der Waals surface area (Å²) in [5.41, 5.74) is -1.02. The molecule has 0 saturated carbocycles. The second-order valence-corrected chi connectivity index (χ2v) is 11.9. The van der Waals surface area contributed by atoms with E-state index in [1.54, 1.807) is 23.1 Å². The molecule has 1 aromatic heterocycles. The van der Waals surface area contributed by atoms with Crippen molar-refractivity contribution in [1.82, 2.24) is 19.9 Å². The molecule has 7 atom stereocenters. The number of ether oxygens (including phenoxy) is 2. The Hall–Kier alpha value is -1.98. The van der Waals surface area contributed by atoms with Gasteiger partial charge in [0.25, 0.3) is 0 Å². The quantitative estimate of drug-likeness (QED) is 0.256. The van der Waals surface area contributed by atoms with Gasteiger partial charge in [-0.1, -0.05) is 40.2 Å². The van der Waals surface area contributed by atoms with Crippen molar-refractivity contribution in [1.29, 1.82) is 0 Å². The smallest absolute Gasteiger partial charge is 0.194 e. The van der Waals surface area contributed by atoms with Crippen LogP contribution in [0.3, 0.4) is 0 Å². The third-order valence-electron chi connectivity index (χ3n) is 7.12. The number of hydrogen-bond donors (Lipinski definition) is 4. The minimum Gasteiger partial charge on any atom is -0.394 e. The number of thioether (sulfide) groups is 1. The van der Waals surface area contributed by atoms with E-state index in [1.807, 2.05) is 0 Å². The first-order chi connectivity index (χ1) is 20.0. The van der Waals surface area contributed by atoms with Crippen LogP contribution in [0.4, 0.5) is 13.2 Å². The third kappa shape index (κ3) is 6.73. The fraction of sp³-hybridized carbons (Fsp3) is 0.462. The molecular formula is C26H27Cl2F3N4O6S. The zero-order valence-electron chi connectivity index (χ0n) is 21.7. The van der Waals surface area contributed by atoms with Crippen LogP contribution in [-0.2, 0) is 9.47 Å². The zero-order chi connectivity index (χ0) is 30.1. The van der Waals surface area contributed by atoms with Crippen LogP contribution in [0.2, 0.25) is 10.0 Å². The van der Waals surface area contributed by atoms with Gasteiger partial charge in [-0.05, 0) is 36.8 Å². The van der Waals surface area contributed by atoms with Crippen LogP contribution in [0.1, 0.15) is 12.5 Å². The van der Waals surface area contributed by atoms with Crippen LogP contribution >= 0.6 is 35.0 Å². The minimum absolute atomic E-state index is 0.0226. The fourth-order valence-electron chi connectivity index (χ4n) is 4.92. The number of nitrogens with zero attached hydrogens (tertiary/aromatic N) is 4. The molecule has 0 radical (unpaired) electrons. The lowest BCUT2D eigenvalue weighted by molar-refractivity contribution is -0.203. The molecule has 2 aromatic carbocycles. The van der Waals surface area contributed by atoms with E-state index in [4.69, 9.17) is 32.7 Å². The Morgan fingerprint density at radius 1 is 1.12 bits per heavy atom. The van der Waals surface area contributed by atoms with Gasteiger partial charge in [-0.3, -0.25) is 4.90 Å². The topological polar surface area (TPSA) is 133 Å². The number of aromatic nitrogens is 3. The van der Waals surface area contributed by atoms with Gasteiger partial charge in [0, 0.05) is 23.5 Å². The summed E-state index contributed by atoms with van der Waals surface area (Å²) in [5, 5.41) is 50.5. The van der Waals surface area contributed by atoms with Gasteiger partial charge in [-0.25, -0.2) is 17.9 Å². The van der Waals surface area contributed by atoms with E-state index in [-0.39, 0.29) is 29.4 Å². The van der Waals surface area contributed by atoms with Crippen molar-refractivity contribution < 1.29 is 43.1 Å². The molecule has 2 aliphatic heterocycles. The zero-order valence-corrected chi connectivity index (χ0v) is 24.1. The second kappa shape index (κ2) is 13.3. The lowest BCUT2D eigenvalue weighted by Crippen LogP contribution is -2.56. The molecule has 2 fully saturated rings. The molecule has 0 amide bonds. The summed E-state index contributed by atoms with van der Waals surface area (Å²) in [5.74, 6) is -4.45. The van der Waals surface area contributed by atoms with E-state index in [1.165, 1.54) is 10.9 Å². The van der Waals surface area contributed by atoms with E-state index in [2.05, 4.69) is 10.3 Å². The lowest BCUT2D eigenvalue weighted by atomic mass is 9.97. The molecule has 228 valence electrons. The number of likely N-dealkylation sites (tertiary alicyclic amines) is 1. The number of rotatable bonds is 9. The van der Waals surface area contributed by atoms with Crippen molar-refractivity contribution in [3.05, 3.63) is 64.0 Å². The molecule has 42 heavy (non-hydrogen) atoms. The Balaban J connectivity index is 1.48. The highest BCUT2D eigenvalue weighted by Gasteiger charge is 2.48. The number of aliphatic hydroxyl groups is 4. The van der Waals surface area contributed by atoms with Crippen LogP contribution in [0.15, 0.2) is 41.4 Å². The maximum absolute atomic E-state index is 13.9. The van der Waals surface area contributed by atoms with Gasteiger partial charge in [0.1, 0.15) is 41.7 Å². The third-order valence-corrected chi connectivity index (χ3v) is 8.99. The summed E-state index contributed by atoms with van der Waals surface area (Å²) in [6, 6.07) is 5.34. The van der Waals surface area contributed by atoms with Crippen molar-refractivity contribution in [2.45, 2.75) is 53.4 Å². The van der Waals surface area contributed by atoms with E-state index in [9.17, 15) is 33.6 Å². The van der Waals surface area contributed by atoms with Gasteiger partial charge in [-0.2, -0.15) is 0 Å². The van der Waals surface area contributed by atoms with Gasteiger partial charge in [-0.15, -0.1) is 5.10 Å². The van der Waals surface area contributed by atoms with Crippen LogP contribution < -0.4 is 0 Å². The lowest BCUT2D eigenvalue weighted by Gasteiger charge is -2.44. The molecule has 0 spiro atoms. The van der Waals surface area contributed by atoms with Crippen LogP contribution in [0.5, 0.6) is 0 Å². The van der Waals surface area contributed by atoms with Crippen molar-refractivity contribution in [3.8, 4) is 11.3 Å². The van der Waals surface area contributed by atoms with Gasteiger partial charge in [0.2, 0.25) is 0 Å². The Bertz CT molecular complexity index is 1390. The number of halogens is 5. The summed E-state index contributed by atoms with van der Waals surface area (Å²) in [6.45, 7) is -0.123. The fourth-order valence-corrected chi connectivity index (χ4v) is 6.45. The first kappa shape index (κ1) is 31.4. The van der Waals surface area contributed by atoms with E-state index in [0.29, 0.717) is 22.9 Å². The van der Waals surface area contributed by atoms with Gasteiger partial charge >= 0.3 is 0 Å². The first-order valence-corrected chi connectivity index (χ1v) is 14.5. The van der Waals surface area contributed by atoms with Crippen molar-refractivity contribution >= 4 is 35.0 Å². The Kier molecular flexibility index (Phi) is 9.99. The predicted molar refractivity (Wildman–Crippen MR) is 146 cm³/mol. The molecule has 1 unspecified atom stereocenters. The largest absolute Gasteiger partial charge is 0.394 e. The second-order valence-electron chi connectivity index (χ2n) is 9.95. The standard InChI is InChI=1S/C26H27Cl2F3N4O6S/c27-15-2-1-14(7-16(15)28)42-26-25(40-11-21(38)34-4-3-13(37)8-34)23(24(39)20(10-36)41-26)35-9-19(32-33-35)12-5-17(29)22(31)18(30)6-12/h1-2,5-7,9,13,20-21,23-26,36-39H,3-4,8,10-11H2/t13-,20-,21?,23+,24+,25-,26-/m1/s1. The summed E-state index contributed by atoms with van der Waals surface area (Å²) in [7, 11) is 0. The van der Waals surface area contributed by atoms with Gasteiger partial charge < -0.3 is 29.9 Å². The molecule has 3 heterocycles. The maximum atomic E-state index is 13.9. The van der Waals surface area contributed by atoms with Crippen LogP contribution in [0, 0.1) is 17.5 Å². The Labute approximate surface area is 252 Å². The first-order valence-electron chi connectivity index (χ1n) is 12.9. The number of hydrogen-bond acceptors (Lipinski definition) is 10. The molecule has 3 aromatic rings. The average Bonchev–Trinajstić information content (AvgIpc) is 3.62. The van der Waals surface area contributed by atoms with E-state index < -0.39 is 66.2 Å². The molecule has 2 saturated heterocycles. The van der Waals surface area contributed by atoms with Crippen molar-refractivity contribution in [2.75, 3.05) is 26.3 Å². The number of benzene rings is 2. The molecular weight excluding hydrogens is 624 g/mol. The molecule has 5 rings (SSSR count). The van der Waals surface area contributed by atoms with Crippen molar-refractivity contribution in [2.24, 2.45) is 0 Å². The highest BCUT2D eigenvalue weighted by atomic mass is 35.5. The van der Waals surface area contributed by atoms with Crippen LogP contribution in [0.25, 0.3) is 11.3 Å². The maximum Gasteiger partial charge on any atom is 0.194 e. The highest BCUT2D eigenvalue weighted by molar-refractivity contribution is 7.99. The van der Waals surface area contributed by atoms with E-state index >= 15 is 0 Å². The summed E-state index contributed by atoms with van der Waals surface area (Å²) < 4.78 is 54.7. The molecule has 2 aliphatic rings. The Morgan fingerprint density at radius 3 is 2.50 bits per heavy atom. The summed E-state index contributed by atoms with van der Waals surface area (Å²) in [4.78, 5) is 2.26. The monoisotopic (exact) mass is 650 g/mol. The van der Waals surface area contributed by atoms with Crippen molar-refractivity contribution in [3.63, 3.8) is 0 Å². The predicted octanol–water partition coefficient (Wildman–Crippen LogP) is 2.85. The van der Waals surface area contributed by atoms with Gasteiger partial charge in [0.05, 0.1) is 35.6 Å². The number of aliphatic hydroxyl groups excluding tert-OH is 4. The van der Waals surface area contributed by atoms with Gasteiger partial charge in [0.15, 0.2) is 17.5 Å². The van der Waals surface area contributed by atoms with Crippen LogP contribution in [-0.4, -0.2) is 103 Å². The molecule has 16 heteroatoms. The number of β-amino-alcohol motifs (C(OH)–C–C–N with tert-alkyl or cyclic N) is 1. The average molecular weight is 651 g/mol. The Morgan fingerprint density at radius 2 is 1.86 bits per heavy atom. The molecule has 4 N–H and O–H groups in total. The molecule has 0 aliphatic carbocycles.